The molecule has 0 bridgehead atoms. The molecule has 1 heterocycles. The van der Waals surface area contributed by atoms with Gasteiger partial charge in [-0.25, -0.2) is 9.18 Å². The number of aromatic carboxylic acids is 1. The first kappa shape index (κ1) is 13.8. The molecule has 1 aliphatic heterocycles. The summed E-state index contributed by atoms with van der Waals surface area (Å²) in [5, 5.41) is 12.2. The van der Waals surface area contributed by atoms with Gasteiger partial charge in [0, 0.05) is 18.8 Å². The fourth-order valence-corrected chi connectivity index (χ4v) is 2.47. The highest BCUT2D eigenvalue weighted by Gasteiger charge is 2.21. The molecule has 0 amide bonds. The number of nitrogens with zero attached hydrogens (tertiary/aromatic N) is 1. The number of rotatable bonds is 5. The van der Waals surface area contributed by atoms with Crippen LogP contribution in [0.3, 0.4) is 0 Å². The first-order chi connectivity index (χ1) is 9.10. The lowest BCUT2D eigenvalue weighted by molar-refractivity contribution is 0.0697. The molecule has 1 aliphatic rings. The van der Waals surface area contributed by atoms with E-state index in [4.69, 9.17) is 5.11 Å². The van der Waals surface area contributed by atoms with Gasteiger partial charge in [0.15, 0.2) is 0 Å². The monoisotopic (exact) mass is 266 g/mol. The third-order valence-electron chi connectivity index (χ3n) is 3.61. The van der Waals surface area contributed by atoms with E-state index in [-0.39, 0.29) is 5.56 Å². The van der Waals surface area contributed by atoms with Crippen molar-refractivity contribution in [3.63, 3.8) is 0 Å². The molecule has 1 aromatic carbocycles. The van der Waals surface area contributed by atoms with E-state index >= 15 is 0 Å². The van der Waals surface area contributed by atoms with Crippen LogP contribution in [-0.2, 0) is 0 Å². The van der Waals surface area contributed by atoms with E-state index in [2.05, 4.69) is 17.1 Å². The summed E-state index contributed by atoms with van der Waals surface area (Å²) in [4.78, 5) is 13.4. The predicted molar refractivity (Wildman–Crippen MR) is 72.1 cm³/mol. The third-order valence-corrected chi connectivity index (χ3v) is 3.61. The van der Waals surface area contributed by atoms with Gasteiger partial charge in [-0.15, -0.1) is 0 Å². The third kappa shape index (κ3) is 3.44. The molecule has 2 rings (SSSR count). The molecule has 0 saturated carbocycles. The summed E-state index contributed by atoms with van der Waals surface area (Å²) in [6.07, 6.45) is 1.12. The number of anilines is 1. The first-order valence-electron chi connectivity index (χ1n) is 6.59. The van der Waals surface area contributed by atoms with Gasteiger partial charge in [-0.1, -0.05) is 6.92 Å². The predicted octanol–water partition coefficient (Wildman–Crippen LogP) is 2.28. The molecule has 1 unspecified atom stereocenters. The van der Waals surface area contributed by atoms with Crippen molar-refractivity contribution in [2.24, 2.45) is 5.92 Å². The number of halogens is 1. The quantitative estimate of drug-likeness (QED) is 0.858. The van der Waals surface area contributed by atoms with Crippen molar-refractivity contribution in [1.82, 2.24) is 4.90 Å². The highest BCUT2D eigenvalue weighted by molar-refractivity contribution is 5.94. The van der Waals surface area contributed by atoms with Crippen LogP contribution in [0.5, 0.6) is 0 Å². The van der Waals surface area contributed by atoms with E-state index in [0.29, 0.717) is 11.6 Å². The van der Waals surface area contributed by atoms with Crippen LogP contribution in [0.2, 0.25) is 0 Å². The summed E-state index contributed by atoms with van der Waals surface area (Å²) < 4.78 is 13.0. The fraction of sp³-hybridized carbons (Fsp3) is 0.500. The lowest BCUT2D eigenvalue weighted by atomic mass is 10.1. The summed E-state index contributed by atoms with van der Waals surface area (Å²) in [6, 6.07) is 3.82. The molecule has 2 N–H and O–H groups in total. The Hall–Kier alpha value is -1.62. The smallest absolute Gasteiger partial charge is 0.337 e. The van der Waals surface area contributed by atoms with Gasteiger partial charge >= 0.3 is 5.97 Å². The van der Waals surface area contributed by atoms with Gasteiger partial charge in [-0.3, -0.25) is 0 Å². The maximum absolute atomic E-state index is 13.0. The molecule has 1 saturated heterocycles. The number of hydrogen-bond donors (Lipinski definition) is 2. The first-order valence-corrected chi connectivity index (χ1v) is 6.59. The largest absolute Gasteiger partial charge is 0.478 e. The highest BCUT2D eigenvalue weighted by Crippen LogP contribution is 2.20. The molecule has 104 valence electrons. The molecule has 5 heteroatoms. The van der Waals surface area contributed by atoms with Crippen molar-refractivity contribution < 1.29 is 14.3 Å². The zero-order valence-corrected chi connectivity index (χ0v) is 11.0. The molecule has 1 atom stereocenters. The summed E-state index contributed by atoms with van der Waals surface area (Å²) in [6.45, 7) is 6.04. The van der Waals surface area contributed by atoms with Gasteiger partial charge in [0.05, 0.1) is 5.56 Å². The molecule has 1 fully saturated rings. The molecular weight excluding hydrogens is 247 g/mol. The fourth-order valence-electron chi connectivity index (χ4n) is 2.47. The zero-order valence-electron chi connectivity index (χ0n) is 11.0. The maximum atomic E-state index is 13.0. The average molecular weight is 266 g/mol. The number of carboxylic acids is 1. The standard InChI is InChI=1S/C14H19FN2O2/c1-2-17-6-5-10(9-17)8-16-13-4-3-11(15)7-12(13)14(18)19/h3-4,7,10,16H,2,5-6,8-9H2,1H3,(H,18,19). The molecule has 0 aliphatic carbocycles. The summed E-state index contributed by atoms with van der Waals surface area (Å²) in [7, 11) is 0. The van der Waals surface area contributed by atoms with E-state index in [1.54, 1.807) is 0 Å². The van der Waals surface area contributed by atoms with Crippen molar-refractivity contribution in [3.8, 4) is 0 Å². The number of benzene rings is 1. The highest BCUT2D eigenvalue weighted by atomic mass is 19.1. The Labute approximate surface area is 112 Å². The van der Waals surface area contributed by atoms with Gasteiger partial charge in [0.2, 0.25) is 0 Å². The molecule has 0 radical (unpaired) electrons. The van der Waals surface area contributed by atoms with E-state index in [9.17, 15) is 9.18 Å². The van der Waals surface area contributed by atoms with Crippen LogP contribution < -0.4 is 5.32 Å². The van der Waals surface area contributed by atoms with Crippen LogP contribution in [-0.4, -0.2) is 42.2 Å². The van der Waals surface area contributed by atoms with E-state index < -0.39 is 11.8 Å². The van der Waals surface area contributed by atoms with Gasteiger partial charge < -0.3 is 15.3 Å². The average Bonchev–Trinajstić information content (AvgIpc) is 2.85. The van der Waals surface area contributed by atoms with Gasteiger partial charge in [0.25, 0.3) is 0 Å². The number of nitrogens with one attached hydrogen (secondary N) is 1. The van der Waals surface area contributed by atoms with Crippen molar-refractivity contribution >= 4 is 11.7 Å². The Bertz CT molecular complexity index is 465. The minimum Gasteiger partial charge on any atom is -0.478 e. The number of likely N-dealkylation sites (tertiary alicyclic amines) is 1. The number of carboxylic acid groups (broad SMARTS) is 1. The summed E-state index contributed by atoms with van der Waals surface area (Å²) in [5.74, 6) is -1.11. The number of carbonyl (C=O) groups is 1. The van der Waals surface area contributed by atoms with Crippen LogP contribution in [0.1, 0.15) is 23.7 Å². The van der Waals surface area contributed by atoms with Crippen molar-refractivity contribution in [2.45, 2.75) is 13.3 Å². The molecule has 0 aromatic heterocycles. The minimum absolute atomic E-state index is 0.00894. The second kappa shape index (κ2) is 6.02. The van der Waals surface area contributed by atoms with Crippen LogP contribution >= 0.6 is 0 Å². The lowest BCUT2D eigenvalue weighted by Gasteiger charge is -2.15. The van der Waals surface area contributed by atoms with Gasteiger partial charge in [-0.05, 0) is 43.6 Å². The minimum atomic E-state index is -1.11. The van der Waals surface area contributed by atoms with E-state index in [1.807, 2.05) is 0 Å². The topological polar surface area (TPSA) is 52.6 Å². The Morgan fingerprint density at radius 3 is 3.00 bits per heavy atom. The Kier molecular flexibility index (Phi) is 4.37. The van der Waals surface area contributed by atoms with Gasteiger partial charge in [0.1, 0.15) is 5.82 Å². The molecule has 0 spiro atoms. The van der Waals surface area contributed by atoms with Crippen LogP contribution in [0, 0.1) is 11.7 Å². The van der Waals surface area contributed by atoms with Crippen molar-refractivity contribution in [3.05, 3.63) is 29.6 Å². The second-order valence-corrected chi connectivity index (χ2v) is 4.92. The SMILES string of the molecule is CCN1CCC(CNc2ccc(F)cc2C(=O)O)C1. The molecule has 4 nitrogen and oxygen atoms in total. The Balaban J connectivity index is 1.98. The van der Waals surface area contributed by atoms with Crippen LogP contribution in [0.15, 0.2) is 18.2 Å². The summed E-state index contributed by atoms with van der Waals surface area (Å²) >= 11 is 0. The van der Waals surface area contributed by atoms with Crippen molar-refractivity contribution in [2.75, 3.05) is 31.5 Å². The summed E-state index contributed by atoms with van der Waals surface area (Å²) in [5.41, 5.74) is 0.481. The zero-order chi connectivity index (χ0) is 13.8. The van der Waals surface area contributed by atoms with E-state index in [1.165, 1.54) is 12.1 Å². The maximum Gasteiger partial charge on any atom is 0.337 e. The van der Waals surface area contributed by atoms with Crippen molar-refractivity contribution in [1.29, 1.82) is 0 Å². The normalized spacial score (nSPS) is 19.6. The lowest BCUT2D eigenvalue weighted by Crippen LogP contribution is -2.22. The second-order valence-electron chi connectivity index (χ2n) is 4.92. The molecule has 1 aromatic rings. The van der Waals surface area contributed by atoms with Crippen LogP contribution in [0.4, 0.5) is 10.1 Å². The van der Waals surface area contributed by atoms with Crippen LogP contribution in [0.25, 0.3) is 0 Å². The van der Waals surface area contributed by atoms with E-state index in [0.717, 1.165) is 38.7 Å². The number of hydrogen-bond acceptors (Lipinski definition) is 3. The van der Waals surface area contributed by atoms with Gasteiger partial charge in [-0.2, -0.15) is 0 Å². The Morgan fingerprint density at radius 2 is 2.37 bits per heavy atom. The molecule has 19 heavy (non-hydrogen) atoms. The molecular formula is C14H19FN2O2. The Morgan fingerprint density at radius 1 is 1.58 bits per heavy atom.